The first-order chi connectivity index (χ1) is 16.9. The number of aromatic nitrogens is 1. The van der Waals surface area contributed by atoms with Crippen LogP contribution >= 0.6 is 11.6 Å². The first-order valence-corrected chi connectivity index (χ1v) is 12.2. The van der Waals surface area contributed by atoms with Crippen LogP contribution in [0.4, 0.5) is 0 Å². The number of rotatable bonds is 7. The van der Waals surface area contributed by atoms with E-state index in [1.165, 1.54) is 0 Å². The molecular weight excluding hydrogens is 462 g/mol. The molecule has 6 nitrogen and oxygen atoms in total. The third-order valence-corrected chi connectivity index (χ3v) is 6.55. The number of halogens is 1. The van der Waals surface area contributed by atoms with Crippen molar-refractivity contribution in [3.63, 3.8) is 0 Å². The van der Waals surface area contributed by atoms with Crippen molar-refractivity contribution in [3.8, 4) is 5.75 Å². The molecule has 2 aromatic carbocycles. The van der Waals surface area contributed by atoms with Gasteiger partial charge in [-0.3, -0.25) is 14.6 Å². The predicted octanol–water partition coefficient (Wildman–Crippen LogP) is 5.00. The van der Waals surface area contributed by atoms with Gasteiger partial charge in [0.05, 0.1) is 5.56 Å². The highest BCUT2D eigenvalue weighted by Gasteiger charge is 2.35. The van der Waals surface area contributed by atoms with Crippen LogP contribution in [0.1, 0.15) is 34.3 Å². The van der Waals surface area contributed by atoms with E-state index in [4.69, 9.17) is 16.3 Å². The maximum absolute atomic E-state index is 13.2. The molecule has 3 aromatic rings. The summed E-state index contributed by atoms with van der Waals surface area (Å²) in [6.07, 6.45) is 4.06. The molecule has 0 aliphatic carbocycles. The van der Waals surface area contributed by atoms with Gasteiger partial charge in [-0.25, -0.2) is 0 Å². The van der Waals surface area contributed by atoms with Gasteiger partial charge in [0.2, 0.25) is 5.91 Å². The fraction of sp³-hybridized carbons (Fsp3) is 0.321. The first kappa shape index (κ1) is 24.7. The predicted molar refractivity (Wildman–Crippen MR) is 136 cm³/mol. The number of carbonyl (C=O) groups excluding carboxylic acids is 2. The molecule has 0 saturated carbocycles. The number of piperidine rings is 1. The van der Waals surface area contributed by atoms with Crippen LogP contribution in [0.2, 0.25) is 5.02 Å². The van der Waals surface area contributed by atoms with Gasteiger partial charge >= 0.3 is 0 Å². The average molecular weight is 492 g/mol. The molecular formula is C28H30ClN3O3. The van der Waals surface area contributed by atoms with Crippen molar-refractivity contribution < 1.29 is 14.3 Å². The molecule has 7 heteroatoms. The third kappa shape index (κ3) is 6.61. The lowest BCUT2D eigenvalue weighted by atomic mass is 9.90. The van der Waals surface area contributed by atoms with E-state index >= 15 is 0 Å². The van der Waals surface area contributed by atoms with E-state index in [9.17, 15) is 9.59 Å². The molecule has 0 bridgehead atoms. The van der Waals surface area contributed by atoms with E-state index in [1.807, 2.05) is 67.4 Å². The Morgan fingerprint density at radius 3 is 2.57 bits per heavy atom. The van der Waals surface area contributed by atoms with Crippen molar-refractivity contribution >= 4 is 23.4 Å². The summed E-state index contributed by atoms with van der Waals surface area (Å²) in [7, 11) is 1.81. The standard InChI is InChI=1S/C28H30ClN3O3/c1-20-14-22(17-30-16-20)28(34)32-13-12-26(35-25-10-8-24(29)9-11-25)23(19-32)15-27(33)31(2)18-21-6-4-3-5-7-21/h3-11,14,16-17,23,26H,12-13,15,18-19H2,1-2H3/t23-,26-/m0/s1. The minimum Gasteiger partial charge on any atom is -0.490 e. The SMILES string of the molecule is Cc1cncc(C(=O)N2CC[C@H](Oc3ccc(Cl)cc3)[C@@H](CC(=O)N(C)Cc3ccccc3)C2)c1. The Morgan fingerprint density at radius 1 is 1.11 bits per heavy atom. The minimum atomic E-state index is -0.190. The highest BCUT2D eigenvalue weighted by atomic mass is 35.5. The summed E-state index contributed by atoms with van der Waals surface area (Å²) in [6, 6.07) is 19.0. The summed E-state index contributed by atoms with van der Waals surface area (Å²) < 4.78 is 6.30. The van der Waals surface area contributed by atoms with Crippen molar-refractivity contribution in [2.75, 3.05) is 20.1 Å². The number of pyridine rings is 1. The molecule has 2 amide bonds. The summed E-state index contributed by atoms with van der Waals surface area (Å²) >= 11 is 6.02. The summed E-state index contributed by atoms with van der Waals surface area (Å²) in [5, 5.41) is 0.638. The molecule has 0 radical (unpaired) electrons. The van der Waals surface area contributed by atoms with E-state index < -0.39 is 0 Å². The second-order valence-corrected chi connectivity index (χ2v) is 9.54. The summed E-state index contributed by atoms with van der Waals surface area (Å²) in [5.41, 5.74) is 2.57. The van der Waals surface area contributed by atoms with Crippen LogP contribution < -0.4 is 4.74 Å². The minimum absolute atomic E-state index is 0.0232. The molecule has 2 atom stereocenters. The molecule has 1 aliphatic rings. The highest BCUT2D eigenvalue weighted by Crippen LogP contribution is 2.28. The largest absolute Gasteiger partial charge is 0.490 e. The van der Waals surface area contributed by atoms with Gasteiger partial charge in [-0.05, 0) is 48.4 Å². The summed E-state index contributed by atoms with van der Waals surface area (Å²) in [5.74, 6) is 0.514. The lowest BCUT2D eigenvalue weighted by Crippen LogP contribution is -2.49. The van der Waals surface area contributed by atoms with Crippen LogP contribution in [-0.4, -0.2) is 52.8 Å². The van der Waals surface area contributed by atoms with E-state index in [2.05, 4.69) is 4.98 Å². The number of benzene rings is 2. The Hall–Kier alpha value is -3.38. The molecule has 1 fully saturated rings. The van der Waals surface area contributed by atoms with Gasteiger partial charge in [-0.1, -0.05) is 41.9 Å². The van der Waals surface area contributed by atoms with Crippen LogP contribution in [0.3, 0.4) is 0 Å². The fourth-order valence-electron chi connectivity index (χ4n) is 4.41. The Balaban J connectivity index is 1.49. The number of hydrogen-bond donors (Lipinski definition) is 0. The zero-order valence-electron chi connectivity index (χ0n) is 20.1. The topological polar surface area (TPSA) is 62.7 Å². The molecule has 35 heavy (non-hydrogen) atoms. The number of aryl methyl sites for hydroxylation is 1. The Labute approximate surface area is 211 Å². The summed E-state index contributed by atoms with van der Waals surface area (Å²) in [6.45, 7) is 3.44. The second-order valence-electron chi connectivity index (χ2n) is 9.10. The lowest BCUT2D eigenvalue weighted by molar-refractivity contribution is -0.132. The van der Waals surface area contributed by atoms with Crippen LogP contribution in [0.15, 0.2) is 73.1 Å². The van der Waals surface area contributed by atoms with E-state index in [1.54, 1.807) is 29.4 Å². The average Bonchev–Trinajstić information content (AvgIpc) is 2.86. The smallest absolute Gasteiger partial charge is 0.255 e. The fourth-order valence-corrected chi connectivity index (χ4v) is 4.54. The summed E-state index contributed by atoms with van der Waals surface area (Å²) in [4.78, 5) is 34.1. The zero-order valence-corrected chi connectivity index (χ0v) is 20.8. The molecule has 0 spiro atoms. The quantitative estimate of drug-likeness (QED) is 0.466. The van der Waals surface area contributed by atoms with Crippen molar-refractivity contribution in [1.82, 2.24) is 14.8 Å². The molecule has 1 saturated heterocycles. The van der Waals surface area contributed by atoms with Crippen LogP contribution in [0, 0.1) is 12.8 Å². The number of ether oxygens (including phenoxy) is 1. The molecule has 4 rings (SSSR count). The first-order valence-electron chi connectivity index (χ1n) is 11.8. The number of likely N-dealkylation sites (tertiary alicyclic amines) is 1. The highest BCUT2D eigenvalue weighted by molar-refractivity contribution is 6.30. The van der Waals surface area contributed by atoms with Gasteiger partial charge in [-0.15, -0.1) is 0 Å². The maximum Gasteiger partial charge on any atom is 0.255 e. The van der Waals surface area contributed by atoms with Crippen molar-refractivity contribution in [3.05, 3.63) is 94.8 Å². The van der Waals surface area contributed by atoms with Crippen molar-refractivity contribution in [2.45, 2.75) is 32.4 Å². The Kier molecular flexibility index (Phi) is 8.03. The zero-order chi connectivity index (χ0) is 24.8. The van der Waals surface area contributed by atoms with Gasteiger partial charge in [-0.2, -0.15) is 0 Å². The van der Waals surface area contributed by atoms with Crippen molar-refractivity contribution in [1.29, 1.82) is 0 Å². The van der Waals surface area contributed by atoms with Crippen LogP contribution in [0.25, 0.3) is 0 Å². The third-order valence-electron chi connectivity index (χ3n) is 6.30. The second kappa shape index (κ2) is 11.4. The lowest BCUT2D eigenvalue weighted by Gasteiger charge is -2.39. The number of carbonyl (C=O) groups is 2. The van der Waals surface area contributed by atoms with Gasteiger partial charge in [0.1, 0.15) is 11.9 Å². The van der Waals surface area contributed by atoms with Gasteiger partial charge in [0.15, 0.2) is 0 Å². The number of hydrogen-bond acceptors (Lipinski definition) is 4. The van der Waals surface area contributed by atoms with Gasteiger partial charge < -0.3 is 14.5 Å². The van der Waals surface area contributed by atoms with Gasteiger partial charge in [0.25, 0.3) is 5.91 Å². The molecule has 0 unspecified atom stereocenters. The molecule has 0 N–H and O–H groups in total. The van der Waals surface area contributed by atoms with Crippen LogP contribution in [0.5, 0.6) is 5.75 Å². The van der Waals surface area contributed by atoms with E-state index in [0.29, 0.717) is 42.4 Å². The molecule has 182 valence electrons. The molecule has 1 aromatic heterocycles. The molecule has 1 aliphatic heterocycles. The Morgan fingerprint density at radius 2 is 1.86 bits per heavy atom. The van der Waals surface area contributed by atoms with E-state index in [-0.39, 0.29) is 30.3 Å². The number of nitrogens with zero attached hydrogens (tertiary/aromatic N) is 3. The van der Waals surface area contributed by atoms with E-state index in [0.717, 1.165) is 11.1 Å². The van der Waals surface area contributed by atoms with Crippen LogP contribution in [-0.2, 0) is 11.3 Å². The number of amides is 2. The maximum atomic E-state index is 13.2. The molecule has 2 heterocycles. The normalized spacial score (nSPS) is 17.6. The van der Waals surface area contributed by atoms with Crippen molar-refractivity contribution in [2.24, 2.45) is 5.92 Å². The monoisotopic (exact) mass is 491 g/mol. The Bertz CT molecular complexity index is 1150. The van der Waals surface area contributed by atoms with Gasteiger partial charge in [0, 0.05) is 62.9 Å².